The van der Waals surface area contributed by atoms with E-state index in [1.54, 1.807) is 0 Å². The molecule has 0 spiro atoms. The van der Waals surface area contributed by atoms with Gasteiger partial charge in [0.25, 0.3) is 0 Å². The molecule has 0 fully saturated rings. The summed E-state index contributed by atoms with van der Waals surface area (Å²) in [4.78, 5) is 11.1. The average molecular weight is 243 g/mol. The second-order valence-corrected chi connectivity index (χ2v) is 7.32. The molecular formula is C14H29NO2. The number of hydrogen-bond acceptors (Lipinski definition) is 2. The van der Waals surface area contributed by atoms with Crippen LogP contribution in [0.2, 0.25) is 0 Å². The number of carbonyl (C=O) groups is 1. The summed E-state index contributed by atoms with van der Waals surface area (Å²) in [5, 5.41) is 2.79. The first-order valence-electron chi connectivity index (χ1n) is 6.23. The van der Waals surface area contributed by atoms with Gasteiger partial charge in [-0.25, -0.2) is 4.79 Å². The fourth-order valence-electron chi connectivity index (χ4n) is 1.91. The first kappa shape index (κ1) is 16.3. The van der Waals surface area contributed by atoms with Crippen molar-refractivity contribution in [1.82, 2.24) is 5.32 Å². The number of methoxy groups -OCH3 is 1. The maximum Gasteiger partial charge on any atom is 0.406 e. The lowest BCUT2D eigenvalue weighted by atomic mass is 9.62. The van der Waals surface area contributed by atoms with Crippen molar-refractivity contribution in [3.05, 3.63) is 0 Å². The zero-order valence-corrected chi connectivity index (χ0v) is 12.7. The maximum absolute atomic E-state index is 11.1. The van der Waals surface area contributed by atoms with E-state index < -0.39 is 0 Å². The highest BCUT2D eigenvalue weighted by molar-refractivity contribution is 5.66. The van der Waals surface area contributed by atoms with Crippen LogP contribution in [0, 0.1) is 16.2 Å². The molecule has 1 N–H and O–H groups in total. The Morgan fingerprint density at radius 2 is 1.53 bits per heavy atom. The fourth-order valence-corrected chi connectivity index (χ4v) is 1.91. The number of ether oxygens (including phenoxy) is 1. The van der Waals surface area contributed by atoms with E-state index in [0.29, 0.717) is 6.54 Å². The van der Waals surface area contributed by atoms with Crippen molar-refractivity contribution in [2.45, 2.75) is 54.9 Å². The van der Waals surface area contributed by atoms with Gasteiger partial charge in [-0.1, -0.05) is 48.5 Å². The zero-order valence-electron chi connectivity index (χ0n) is 12.7. The second-order valence-electron chi connectivity index (χ2n) is 7.32. The van der Waals surface area contributed by atoms with Crippen molar-refractivity contribution in [3.63, 3.8) is 0 Å². The Labute approximate surface area is 106 Å². The van der Waals surface area contributed by atoms with Gasteiger partial charge < -0.3 is 10.1 Å². The Bertz CT molecular complexity index is 262. The van der Waals surface area contributed by atoms with Crippen LogP contribution < -0.4 is 5.32 Å². The van der Waals surface area contributed by atoms with Crippen molar-refractivity contribution in [2.75, 3.05) is 13.7 Å². The first-order chi connectivity index (χ1) is 7.41. The average Bonchev–Trinajstić information content (AvgIpc) is 2.10. The maximum atomic E-state index is 11.1. The van der Waals surface area contributed by atoms with E-state index in [9.17, 15) is 4.79 Å². The number of nitrogens with one attached hydrogen (secondary N) is 1. The minimum Gasteiger partial charge on any atom is -0.453 e. The highest BCUT2D eigenvalue weighted by Gasteiger charge is 2.37. The van der Waals surface area contributed by atoms with Gasteiger partial charge in [-0.2, -0.15) is 0 Å². The molecule has 0 heterocycles. The molecular weight excluding hydrogens is 214 g/mol. The van der Waals surface area contributed by atoms with Crippen molar-refractivity contribution in [3.8, 4) is 0 Å². The van der Waals surface area contributed by atoms with Gasteiger partial charge >= 0.3 is 6.09 Å². The third-order valence-corrected chi connectivity index (χ3v) is 3.85. The van der Waals surface area contributed by atoms with E-state index >= 15 is 0 Å². The Balaban J connectivity index is 4.49. The fraction of sp³-hybridized carbons (Fsp3) is 0.929. The SMILES string of the molecule is COC(=O)NCC(C)(C)CC(C)(C)C(C)(C)C. The summed E-state index contributed by atoms with van der Waals surface area (Å²) in [6.45, 7) is 16.3. The molecule has 0 unspecified atom stereocenters. The molecule has 0 aliphatic rings. The minimum atomic E-state index is -0.355. The molecule has 0 saturated carbocycles. The van der Waals surface area contributed by atoms with Crippen LogP contribution in [0.1, 0.15) is 54.9 Å². The minimum absolute atomic E-state index is 0.0605. The molecule has 0 bridgehead atoms. The predicted octanol–water partition coefficient (Wildman–Crippen LogP) is 3.83. The molecule has 0 radical (unpaired) electrons. The molecule has 0 aromatic rings. The lowest BCUT2D eigenvalue weighted by Crippen LogP contribution is -2.40. The highest BCUT2D eigenvalue weighted by atomic mass is 16.5. The first-order valence-corrected chi connectivity index (χ1v) is 6.23. The van der Waals surface area contributed by atoms with Gasteiger partial charge in [0.15, 0.2) is 0 Å². The van der Waals surface area contributed by atoms with E-state index in [4.69, 9.17) is 0 Å². The summed E-state index contributed by atoms with van der Waals surface area (Å²) in [5.41, 5.74) is 0.523. The smallest absolute Gasteiger partial charge is 0.406 e. The quantitative estimate of drug-likeness (QED) is 0.815. The molecule has 0 aromatic heterocycles. The third-order valence-electron chi connectivity index (χ3n) is 3.85. The summed E-state index contributed by atoms with van der Waals surface area (Å²) in [6.07, 6.45) is 0.694. The van der Waals surface area contributed by atoms with Crippen LogP contribution in [0.4, 0.5) is 4.79 Å². The summed E-state index contributed by atoms with van der Waals surface area (Å²) in [6, 6.07) is 0. The van der Waals surface area contributed by atoms with E-state index in [-0.39, 0.29) is 22.3 Å². The van der Waals surface area contributed by atoms with Gasteiger partial charge in [0.2, 0.25) is 0 Å². The van der Waals surface area contributed by atoms with Gasteiger partial charge in [0, 0.05) is 6.54 Å². The molecule has 0 aliphatic carbocycles. The predicted molar refractivity (Wildman–Crippen MR) is 72.0 cm³/mol. The van der Waals surface area contributed by atoms with Crippen molar-refractivity contribution in [1.29, 1.82) is 0 Å². The lowest BCUT2D eigenvalue weighted by Gasteiger charge is -2.44. The van der Waals surface area contributed by atoms with Crippen LogP contribution in [0.25, 0.3) is 0 Å². The summed E-state index contributed by atoms with van der Waals surface area (Å²) < 4.78 is 4.59. The zero-order chi connectivity index (χ0) is 13.9. The van der Waals surface area contributed by atoms with Gasteiger partial charge in [-0.3, -0.25) is 0 Å². The van der Waals surface area contributed by atoms with Crippen LogP contribution >= 0.6 is 0 Å². The second kappa shape index (κ2) is 5.28. The number of rotatable bonds is 4. The monoisotopic (exact) mass is 243 g/mol. The standard InChI is InChI=1S/C14H29NO2/c1-12(2,3)14(6,7)9-13(4,5)10-15-11(16)17-8/h9-10H2,1-8H3,(H,15,16). The molecule has 0 atom stereocenters. The summed E-state index contributed by atoms with van der Waals surface area (Å²) >= 11 is 0. The number of hydrogen-bond donors (Lipinski definition) is 1. The van der Waals surface area contributed by atoms with Gasteiger partial charge in [0.1, 0.15) is 0 Å². The van der Waals surface area contributed by atoms with E-state index in [0.717, 1.165) is 6.42 Å². The number of alkyl carbamates (subject to hydrolysis) is 1. The molecule has 0 rings (SSSR count). The molecule has 0 aliphatic heterocycles. The topological polar surface area (TPSA) is 38.3 Å². The molecule has 0 saturated heterocycles. The Kier molecular flexibility index (Phi) is 5.05. The summed E-state index contributed by atoms with van der Waals surface area (Å²) in [5.74, 6) is 0. The van der Waals surface area contributed by atoms with Gasteiger partial charge in [0.05, 0.1) is 7.11 Å². The normalized spacial score (nSPS) is 13.4. The van der Waals surface area contributed by atoms with Crippen molar-refractivity contribution in [2.24, 2.45) is 16.2 Å². The van der Waals surface area contributed by atoms with E-state index in [1.165, 1.54) is 7.11 Å². The van der Waals surface area contributed by atoms with Crippen molar-refractivity contribution < 1.29 is 9.53 Å². The van der Waals surface area contributed by atoms with Crippen LogP contribution in [0.5, 0.6) is 0 Å². The molecule has 17 heavy (non-hydrogen) atoms. The third kappa shape index (κ3) is 5.42. The molecule has 102 valence electrons. The Morgan fingerprint density at radius 3 is 1.88 bits per heavy atom. The van der Waals surface area contributed by atoms with Crippen molar-refractivity contribution >= 4 is 6.09 Å². The summed E-state index contributed by atoms with van der Waals surface area (Å²) in [7, 11) is 1.39. The molecule has 0 aromatic carbocycles. The van der Waals surface area contributed by atoms with Gasteiger partial charge in [-0.05, 0) is 22.7 Å². The molecule has 1 amide bonds. The molecule has 3 nitrogen and oxygen atoms in total. The molecule has 3 heteroatoms. The highest BCUT2D eigenvalue weighted by Crippen LogP contribution is 2.45. The van der Waals surface area contributed by atoms with E-state index in [1.807, 2.05) is 0 Å². The van der Waals surface area contributed by atoms with Gasteiger partial charge in [-0.15, -0.1) is 0 Å². The Morgan fingerprint density at radius 1 is 1.06 bits per heavy atom. The van der Waals surface area contributed by atoms with Crippen LogP contribution in [-0.4, -0.2) is 19.7 Å². The lowest BCUT2D eigenvalue weighted by molar-refractivity contribution is 0.0662. The Hall–Kier alpha value is -0.730. The van der Waals surface area contributed by atoms with Crippen LogP contribution in [0.15, 0.2) is 0 Å². The number of amides is 1. The van der Waals surface area contributed by atoms with Crippen LogP contribution in [-0.2, 0) is 4.74 Å². The van der Waals surface area contributed by atoms with E-state index in [2.05, 4.69) is 58.5 Å². The van der Waals surface area contributed by atoms with Crippen LogP contribution in [0.3, 0.4) is 0 Å². The number of carbonyl (C=O) groups excluding carboxylic acids is 1. The largest absolute Gasteiger partial charge is 0.453 e.